The fourth-order valence-corrected chi connectivity index (χ4v) is 2.67. The van der Waals surface area contributed by atoms with E-state index in [9.17, 15) is 0 Å². The molecule has 1 atom stereocenters. The monoisotopic (exact) mass is 262 g/mol. The van der Waals surface area contributed by atoms with E-state index < -0.39 is 0 Å². The molecule has 1 heterocycles. The van der Waals surface area contributed by atoms with E-state index in [1.807, 2.05) is 24.3 Å². The van der Waals surface area contributed by atoms with Crippen molar-refractivity contribution in [2.45, 2.75) is 18.9 Å². The highest BCUT2D eigenvalue weighted by Crippen LogP contribution is 2.26. The second kappa shape index (κ2) is 5.93. The standard InChI is InChI=1S/C14H22N4O/c1-17(2)10-13-4-3-9-18(13)12-7-5-11(6-8-12)14(15)16-19/h5-8,13,19H,3-4,9-10H2,1-2H3,(H2,15,16). The first kappa shape index (κ1) is 13.7. The summed E-state index contributed by atoms with van der Waals surface area (Å²) in [5.74, 6) is 0.151. The van der Waals surface area contributed by atoms with Crippen LogP contribution in [-0.4, -0.2) is 49.2 Å². The van der Waals surface area contributed by atoms with E-state index >= 15 is 0 Å². The number of nitrogens with zero attached hydrogens (tertiary/aromatic N) is 3. The van der Waals surface area contributed by atoms with E-state index in [0.717, 1.165) is 18.7 Å². The van der Waals surface area contributed by atoms with Gasteiger partial charge in [-0.1, -0.05) is 5.16 Å². The molecule has 0 amide bonds. The number of amidine groups is 1. The lowest BCUT2D eigenvalue weighted by Gasteiger charge is -2.29. The van der Waals surface area contributed by atoms with Gasteiger partial charge in [0.15, 0.2) is 5.84 Å². The van der Waals surface area contributed by atoms with E-state index in [-0.39, 0.29) is 5.84 Å². The zero-order chi connectivity index (χ0) is 13.8. The third kappa shape index (κ3) is 3.17. The van der Waals surface area contributed by atoms with E-state index in [1.54, 1.807) is 0 Å². The number of benzene rings is 1. The lowest BCUT2D eigenvalue weighted by Crippen LogP contribution is -2.37. The summed E-state index contributed by atoms with van der Waals surface area (Å²) in [5.41, 5.74) is 7.52. The zero-order valence-corrected chi connectivity index (χ0v) is 11.6. The molecule has 104 valence electrons. The molecule has 2 rings (SSSR count). The van der Waals surface area contributed by atoms with Gasteiger partial charge in [-0.15, -0.1) is 0 Å². The Balaban J connectivity index is 2.13. The van der Waals surface area contributed by atoms with Crippen molar-refractivity contribution >= 4 is 11.5 Å². The third-order valence-electron chi connectivity index (χ3n) is 3.56. The summed E-state index contributed by atoms with van der Waals surface area (Å²) in [6.45, 7) is 2.17. The van der Waals surface area contributed by atoms with E-state index in [0.29, 0.717) is 6.04 Å². The number of hydrogen-bond acceptors (Lipinski definition) is 4. The normalized spacial score (nSPS) is 20.3. The molecular formula is C14H22N4O. The Kier molecular flexibility index (Phi) is 4.27. The minimum atomic E-state index is 0.151. The molecule has 1 fully saturated rings. The van der Waals surface area contributed by atoms with Crippen molar-refractivity contribution in [2.75, 3.05) is 32.1 Å². The zero-order valence-electron chi connectivity index (χ0n) is 11.6. The first-order chi connectivity index (χ1) is 9.11. The highest BCUT2D eigenvalue weighted by molar-refractivity contribution is 5.97. The molecule has 1 aromatic rings. The van der Waals surface area contributed by atoms with Crippen molar-refractivity contribution in [2.24, 2.45) is 10.9 Å². The number of anilines is 1. The van der Waals surface area contributed by atoms with Crippen LogP contribution in [0.25, 0.3) is 0 Å². The quantitative estimate of drug-likeness (QED) is 0.372. The van der Waals surface area contributed by atoms with Crippen molar-refractivity contribution in [3.63, 3.8) is 0 Å². The van der Waals surface area contributed by atoms with Crippen molar-refractivity contribution in [3.05, 3.63) is 29.8 Å². The summed E-state index contributed by atoms with van der Waals surface area (Å²) in [7, 11) is 4.22. The first-order valence-corrected chi connectivity index (χ1v) is 6.61. The second-order valence-corrected chi connectivity index (χ2v) is 5.28. The van der Waals surface area contributed by atoms with E-state index in [1.165, 1.54) is 18.5 Å². The fraction of sp³-hybridized carbons (Fsp3) is 0.500. The maximum Gasteiger partial charge on any atom is 0.170 e. The van der Waals surface area contributed by atoms with Crippen molar-refractivity contribution in [1.82, 2.24) is 4.90 Å². The van der Waals surface area contributed by atoms with Gasteiger partial charge in [-0.05, 0) is 51.2 Å². The number of oxime groups is 1. The Morgan fingerprint density at radius 3 is 2.68 bits per heavy atom. The topological polar surface area (TPSA) is 65.1 Å². The first-order valence-electron chi connectivity index (χ1n) is 6.61. The van der Waals surface area contributed by atoms with Crippen LogP contribution in [0.5, 0.6) is 0 Å². The van der Waals surface area contributed by atoms with E-state index in [4.69, 9.17) is 10.9 Å². The van der Waals surface area contributed by atoms with Crippen LogP contribution in [0, 0.1) is 0 Å². The van der Waals surface area contributed by atoms with Gasteiger partial charge < -0.3 is 20.7 Å². The summed E-state index contributed by atoms with van der Waals surface area (Å²) < 4.78 is 0. The summed E-state index contributed by atoms with van der Waals surface area (Å²) in [5, 5.41) is 11.7. The molecule has 5 heteroatoms. The van der Waals surface area contributed by atoms with Gasteiger partial charge in [-0.2, -0.15) is 0 Å². The Labute approximate surface area is 114 Å². The molecule has 1 aliphatic heterocycles. The molecule has 0 spiro atoms. The van der Waals surface area contributed by atoms with Crippen LogP contribution in [-0.2, 0) is 0 Å². The lowest BCUT2D eigenvalue weighted by atomic mass is 10.1. The summed E-state index contributed by atoms with van der Waals surface area (Å²) in [6.07, 6.45) is 2.47. The van der Waals surface area contributed by atoms with Gasteiger partial charge >= 0.3 is 0 Å². The minimum Gasteiger partial charge on any atom is -0.409 e. The number of rotatable bonds is 4. The molecule has 1 aromatic carbocycles. The minimum absolute atomic E-state index is 0.151. The third-order valence-corrected chi connectivity index (χ3v) is 3.56. The molecule has 3 N–H and O–H groups in total. The molecule has 19 heavy (non-hydrogen) atoms. The van der Waals surface area contributed by atoms with E-state index in [2.05, 4.69) is 29.1 Å². The summed E-state index contributed by atoms with van der Waals surface area (Å²) >= 11 is 0. The van der Waals surface area contributed by atoms with Gasteiger partial charge in [-0.25, -0.2) is 0 Å². The van der Waals surface area contributed by atoms with Crippen LogP contribution in [0.3, 0.4) is 0 Å². The Hall–Kier alpha value is -1.75. The van der Waals surface area contributed by atoms with Crippen molar-refractivity contribution < 1.29 is 5.21 Å². The highest BCUT2D eigenvalue weighted by atomic mass is 16.4. The molecule has 0 aliphatic carbocycles. The van der Waals surface area contributed by atoms with Crippen LogP contribution in [0.15, 0.2) is 29.4 Å². The van der Waals surface area contributed by atoms with Gasteiger partial charge in [0.25, 0.3) is 0 Å². The van der Waals surface area contributed by atoms with Crippen LogP contribution < -0.4 is 10.6 Å². The van der Waals surface area contributed by atoms with Gasteiger partial charge in [0.2, 0.25) is 0 Å². The molecule has 5 nitrogen and oxygen atoms in total. The fourth-order valence-electron chi connectivity index (χ4n) is 2.67. The number of nitrogens with two attached hydrogens (primary N) is 1. The highest BCUT2D eigenvalue weighted by Gasteiger charge is 2.24. The SMILES string of the molecule is CN(C)CC1CCCN1c1ccc(C(N)=NO)cc1. The average Bonchev–Trinajstić information content (AvgIpc) is 2.85. The van der Waals surface area contributed by atoms with Gasteiger partial charge in [-0.3, -0.25) is 0 Å². The Bertz CT molecular complexity index is 441. The molecule has 1 aliphatic rings. The molecule has 1 saturated heterocycles. The molecule has 0 radical (unpaired) electrons. The Morgan fingerprint density at radius 1 is 1.42 bits per heavy atom. The predicted octanol–water partition coefficient (Wildman–Crippen LogP) is 1.31. The largest absolute Gasteiger partial charge is 0.409 e. The second-order valence-electron chi connectivity index (χ2n) is 5.28. The molecule has 0 aromatic heterocycles. The van der Waals surface area contributed by atoms with Gasteiger partial charge in [0, 0.05) is 30.4 Å². The predicted molar refractivity (Wildman–Crippen MR) is 77.9 cm³/mol. The smallest absolute Gasteiger partial charge is 0.170 e. The summed E-state index contributed by atoms with van der Waals surface area (Å²) in [6, 6.07) is 8.46. The van der Waals surface area contributed by atoms with Crippen LogP contribution in [0.1, 0.15) is 18.4 Å². The molecular weight excluding hydrogens is 240 g/mol. The van der Waals surface area contributed by atoms with Crippen LogP contribution in [0.2, 0.25) is 0 Å². The van der Waals surface area contributed by atoms with Gasteiger partial charge in [0.1, 0.15) is 0 Å². The number of hydrogen-bond donors (Lipinski definition) is 2. The Morgan fingerprint density at radius 2 is 2.11 bits per heavy atom. The molecule has 1 unspecified atom stereocenters. The average molecular weight is 262 g/mol. The van der Waals surface area contributed by atoms with Crippen molar-refractivity contribution in [3.8, 4) is 0 Å². The van der Waals surface area contributed by atoms with Crippen molar-refractivity contribution in [1.29, 1.82) is 0 Å². The maximum atomic E-state index is 8.66. The summed E-state index contributed by atoms with van der Waals surface area (Å²) in [4.78, 5) is 4.67. The van der Waals surface area contributed by atoms with Crippen LogP contribution in [0.4, 0.5) is 5.69 Å². The maximum absolute atomic E-state index is 8.66. The van der Waals surface area contributed by atoms with Gasteiger partial charge in [0.05, 0.1) is 0 Å². The lowest BCUT2D eigenvalue weighted by molar-refractivity contribution is 0.318. The molecule has 0 saturated carbocycles. The molecule has 0 bridgehead atoms. The van der Waals surface area contributed by atoms with Crippen LogP contribution >= 0.6 is 0 Å². The number of likely N-dealkylation sites (N-methyl/N-ethyl adjacent to an activating group) is 1.